The zero-order valence-electron chi connectivity index (χ0n) is 16.5. The molecule has 0 aromatic carbocycles. The molecule has 11 heteroatoms. The van der Waals surface area contributed by atoms with E-state index in [-0.39, 0.29) is 6.54 Å². The highest BCUT2D eigenvalue weighted by Gasteiger charge is 2.36. The van der Waals surface area contributed by atoms with Gasteiger partial charge in [0.2, 0.25) is 17.7 Å². The number of aliphatic carboxylic acids is 1. The van der Waals surface area contributed by atoms with Crippen LogP contribution in [0.3, 0.4) is 0 Å². The summed E-state index contributed by atoms with van der Waals surface area (Å²) in [5.41, 5.74) is -0.696. The van der Waals surface area contributed by atoms with Crippen LogP contribution in [0.1, 0.15) is 40.5 Å². The molecule has 1 heterocycles. The van der Waals surface area contributed by atoms with E-state index in [1.54, 1.807) is 20.8 Å². The molecule has 1 rings (SSSR count). The van der Waals surface area contributed by atoms with Gasteiger partial charge in [0.05, 0.1) is 6.54 Å². The van der Waals surface area contributed by atoms with Gasteiger partial charge in [-0.25, -0.2) is 9.59 Å². The van der Waals surface area contributed by atoms with Gasteiger partial charge in [-0.05, 0) is 40.5 Å². The third-order valence-electron chi connectivity index (χ3n) is 3.81. The topological polar surface area (TPSA) is 154 Å². The van der Waals surface area contributed by atoms with Crippen LogP contribution in [0.25, 0.3) is 0 Å². The smallest absolute Gasteiger partial charge is 0.408 e. The molecule has 11 nitrogen and oxygen atoms in total. The minimum Gasteiger partial charge on any atom is -0.480 e. The van der Waals surface area contributed by atoms with Crippen molar-refractivity contribution in [1.29, 1.82) is 0 Å². The first kappa shape index (κ1) is 23.2. The summed E-state index contributed by atoms with van der Waals surface area (Å²) in [5, 5.41) is 16.1. The Kier molecular flexibility index (Phi) is 8.20. The van der Waals surface area contributed by atoms with Gasteiger partial charge in [0.1, 0.15) is 24.2 Å². The van der Waals surface area contributed by atoms with Crippen molar-refractivity contribution in [3.63, 3.8) is 0 Å². The minimum absolute atomic E-state index is 0.323. The van der Waals surface area contributed by atoms with Gasteiger partial charge in [-0.1, -0.05) is 0 Å². The van der Waals surface area contributed by atoms with Crippen molar-refractivity contribution in [2.45, 2.75) is 58.2 Å². The van der Waals surface area contributed by atoms with Crippen LogP contribution in [-0.4, -0.2) is 77.1 Å². The molecule has 158 valence electrons. The van der Waals surface area contributed by atoms with Crippen molar-refractivity contribution in [3.05, 3.63) is 0 Å². The number of amides is 4. The number of alkyl carbamates (subject to hydrolysis) is 1. The standard InChI is InChI=1S/C17H28N4O7/c1-10(14(24)21-7-5-6-11(21)15(25)26)20-13(23)9-18-12(22)8-19-16(27)28-17(2,3)4/h10-11H,5-9H2,1-4H3,(H,18,22)(H,19,27)(H,20,23)(H,25,26)/t10-,11-/m0/s1. The Morgan fingerprint density at radius 3 is 2.29 bits per heavy atom. The summed E-state index contributed by atoms with van der Waals surface area (Å²) >= 11 is 0. The Balaban J connectivity index is 2.35. The predicted molar refractivity (Wildman–Crippen MR) is 97.2 cm³/mol. The van der Waals surface area contributed by atoms with Crippen LogP contribution < -0.4 is 16.0 Å². The van der Waals surface area contributed by atoms with Crippen molar-refractivity contribution >= 4 is 29.8 Å². The van der Waals surface area contributed by atoms with Gasteiger partial charge in [-0.3, -0.25) is 14.4 Å². The van der Waals surface area contributed by atoms with E-state index in [0.717, 1.165) is 0 Å². The molecule has 28 heavy (non-hydrogen) atoms. The third kappa shape index (κ3) is 7.80. The number of carbonyl (C=O) groups is 5. The molecule has 1 aliphatic heterocycles. The number of carboxylic acids is 1. The van der Waals surface area contributed by atoms with Crippen LogP contribution in [0, 0.1) is 0 Å². The Hall–Kier alpha value is -2.85. The molecule has 2 atom stereocenters. The summed E-state index contributed by atoms with van der Waals surface area (Å²) in [4.78, 5) is 59.7. The number of carboxylic acid groups (broad SMARTS) is 1. The largest absolute Gasteiger partial charge is 0.480 e. The van der Waals surface area contributed by atoms with Crippen LogP contribution in [0.15, 0.2) is 0 Å². The Morgan fingerprint density at radius 2 is 1.71 bits per heavy atom. The molecule has 0 unspecified atom stereocenters. The van der Waals surface area contributed by atoms with E-state index in [4.69, 9.17) is 9.84 Å². The van der Waals surface area contributed by atoms with E-state index in [0.29, 0.717) is 19.4 Å². The lowest BCUT2D eigenvalue weighted by Crippen LogP contribution is -2.52. The highest BCUT2D eigenvalue weighted by molar-refractivity contribution is 5.92. The van der Waals surface area contributed by atoms with Gasteiger partial charge in [0.15, 0.2) is 0 Å². The van der Waals surface area contributed by atoms with Gasteiger partial charge >= 0.3 is 12.1 Å². The number of carbonyl (C=O) groups excluding carboxylic acids is 4. The van der Waals surface area contributed by atoms with Gasteiger partial charge in [-0.2, -0.15) is 0 Å². The fraction of sp³-hybridized carbons (Fsp3) is 0.706. The molecule has 0 aromatic heterocycles. The number of likely N-dealkylation sites (tertiary alicyclic amines) is 1. The van der Waals surface area contributed by atoms with Gasteiger partial charge in [-0.15, -0.1) is 0 Å². The van der Waals surface area contributed by atoms with Crippen molar-refractivity contribution < 1.29 is 33.8 Å². The Morgan fingerprint density at radius 1 is 1.11 bits per heavy atom. The number of rotatable bonds is 7. The average Bonchev–Trinajstić information content (AvgIpc) is 3.05. The molecular formula is C17H28N4O7. The van der Waals surface area contributed by atoms with Crippen LogP contribution in [0.5, 0.6) is 0 Å². The third-order valence-corrected chi connectivity index (χ3v) is 3.81. The lowest BCUT2D eigenvalue weighted by molar-refractivity contribution is -0.149. The zero-order valence-corrected chi connectivity index (χ0v) is 16.5. The summed E-state index contributed by atoms with van der Waals surface area (Å²) in [6.45, 7) is 6.05. The van der Waals surface area contributed by atoms with E-state index < -0.39 is 54.0 Å². The summed E-state index contributed by atoms with van der Waals surface area (Å²) in [6, 6.07) is -1.81. The normalized spacial score (nSPS) is 17.4. The zero-order chi connectivity index (χ0) is 21.5. The second-order valence-corrected chi connectivity index (χ2v) is 7.45. The Labute approximate surface area is 163 Å². The maximum Gasteiger partial charge on any atom is 0.408 e. The number of hydrogen-bond acceptors (Lipinski definition) is 6. The molecule has 4 N–H and O–H groups in total. The molecule has 0 radical (unpaired) electrons. The molecule has 0 spiro atoms. The van der Waals surface area contributed by atoms with Crippen molar-refractivity contribution in [1.82, 2.24) is 20.9 Å². The molecule has 0 saturated carbocycles. The van der Waals surface area contributed by atoms with Crippen molar-refractivity contribution in [2.24, 2.45) is 0 Å². The maximum absolute atomic E-state index is 12.3. The fourth-order valence-corrected chi connectivity index (χ4v) is 2.60. The van der Waals surface area contributed by atoms with Gasteiger partial charge in [0, 0.05) is 6.54 Å². The van der Waals surface area contributed by atoms with Gasteiger partial charge in [0.25, 0.3) is 0 Å². The lowest BCUT2D eigenvalue weighted by atomic mass is 10.2. The van der Waals surface area contributed by atoms with Crippen LogP contribution in [0.2, 0.25) is 0 Å². The highest BCUT2D eigenvalue weighted by atomic mass is 16.6. The van der Waals surface area contributed by atoms with E-state index in [2.05, 4.69) is 16.0 Å². The van der Waals surface area contributed by atoms with E-state index in [1.807, 2.05) is 0 Å². The molecule has 4 amide bonds. The fourth-order valence-electron chi connectivity index (χ4n) is 2.60. The second-order valence-electron chi connectivity index (χ2n) is 7.45. The SMILES string of the molecule is C[C@H](NC(=O)CNC(=O)CNC(=O)OC(C)(C)C)C(=O)N1CCC[C@H]1C(=O)O. The van der Waals surface area contributed by atoms with E-state index in [1.165, 1.54) is 11.8 Å². The van der Waals surface area contributed by atoms with Crippen molar-refractivity contribution in [3.8, 4) is 0 Å². The average molecular weight is 400 g/mol. The molecule has 1 fully saturated rings. The minimum atomic E-state index is -1.07. The Bertz CT molecular complexity index is 629. The summed E-state index contributed by atoms with van der Waals surface area (Å²) in [5.74, 6) is -2.78. The maximum atomic E-state index is 12.3. The molecule has 0 aliphatic carbocycles. The first-order chi connectivity index (χ1) is 12.9. The van der Waals surface area contributed by atoms with Crippen molar-refractivity contribution in [2.75, 3.05) is 19.6 Å². The molecule has 0 aromatic rings. The summed E-state index contributed by atoms with van der Waals surface area (Å²) in [6.07, 6.45) is 0.205. The van der Waals surface area contributed by atoms with Crippen LogP contribution in [0.4, 0.5) is 4.79 Å². The van der Waals surface area contributed by atoms with E-state index >= 15 is 0 Å². The molecular weight excluding hydrogens is 372 g/mol. The lowest BCUT2D eigenvalue weighted by Gasteiger charge is -2.25. The molecule has 1 saturated heterocycles. The van der Waals surface area contributed by atoms with Gasteiger partial charge < -0.3 is 30.7 Å². The first-order valence-corrected chi connectivity index (χ1v) is 8.97. The molecule has 0 bridgehead atoms. The number of hydrogen-bond donors (Lipinski definition) is 4. The van der Waals surface area contributed by atoms with Crippen LogP contribution >= 0.6 is 0 Å². The number of ether oxygens (including phenoxy) is 1. The number of nitrogens with one attached hydrogen (secondary N) is 3. The summed E-state index contributed by atoms with van der Waals surface area (Å²) < 4.78 is 4.97. The predicted octanol–water partition coefficient (Wildman–Crippen LogP) is -0.792. The number of nitrogens with zero attached hydrogens (tertiary/aromatic N) is 1. The monoisotopic (exact) mass is 400 g/mol. The van der Waals surface area contributed by atoms with Crippen LogP contribution in [-0.2, 0) is 23.9 Å². The quantitative estimate of drug-likeness (QED) is 0.436. The summed E-state index contributed by atoms with van der Waals surface area (Å²) in [7, 11) is 0. The highest BCUT2D eigenvalue weighted by Crippen LogP contribution is 2.18. The molecule has 1 aliphatic rings. The second kappa shape index (κ2) is 9.90. The van der Waals surface area contributed by atoms with E-state index in [9.17, 15) is 24.0 Å². The first-order valence-electron chi connectivity index (χ1n) is 8.97.